The van der Waals surface area contributed by atoms with E-state index in [1.165, 1.54) is 0 Å². The molecule has 0 heterocycles. The van der Waals surface area contributed by atoms with E-state index in [1.807, 2.05) is 6.07 Å². The van der Waals surface area contributed by atoms with Gasteiger partial charge >= 0.3 is 0 Å². The zero-order valence-electron chi connectivity index (χ0n) is 7.40. The lowest BCUT2D eigenvalue weighted by Crippen LogP contribution is -2.05. The molecule has 0 atom stereocenters. The lowest BCUT2D eigenvalue weighted by molar-refractivity contribution is -0.108. The van der Waals surface area contributed by atoms with Crippen molar-refractivity contribution >= 4 is 34.3 Å². The van der Waals surface area contributed by atoms with Crippen LogP contribution in [0, 0.1) is 0 Å². The predicted octanol–water partition coefficient (Wildman–Crippen LogP) is 2.37. The fraction of sp³-hybridized carbons (Fsp3) is 0.200. The second kappa shape index (κ2) is 5.83. The Balaban J connectivity index is 2.48. The molecule has 4 heteroatoms. The van der Waals surface area contributed by atoms with Crippen LogP contribution in [0.25, 0.3) is 0 Å². The monoisotopic (exact) mass is 228 g/mol. The van der Waals surface area contributed by atoms with Gasteiger partial charge < -0.3 is 0 Å². The van der Waals surface area contributed by atoms with Gasteiger partial charge in [-0.15, -0.1) is 11.6 Å². The van der Waals surface area contributed by atoms with Gasteiger partial charge in [-0.1, -0.05) is 42.1 Å². The van der Waals surface area contributed by atoms with Crippen molar-refractivity contribution in [1.82, 2.24) is 0 Å². The highest BCUT2D eigenvalue weighted by Gasteiger charge is 2.08. The summed E-state index contributed by atoms with van der Waals surface area (Å²) in [5, 5.41) is -0.170. The molecule has 0 aliphatic carbocycles. The van der Waals surface area contributed by atoms with Crippen molar-refractivity contribution in [3.63, 3.8) is 0 Å². The predicted molar refractivity (Wildman–Crippen MR) is 59.0 cm³/mol. The summed E-state index contributed by atoms with van der Waals surface area (Å²) in [7, 11) is 0. The van der Waals surface area contributed by atoms with Gasteiger partial charge in [-0.05, 0) is 0 Å². The third kappa shape index (κ3) is 3.52. The van der Waals surface area contributed by atoms with Crippen LogP contribution in [0.5, 0.6) is 0 Å². The molecule has 0 saturated heterocycles. The quantitative estimate of drug-likeness (QED) is 0.586. The van der Waals surface area contributed by atoms with Crippen LogP contribution in [0.3, 0.4) is 0 Å². The molecule has 0 saturated carbocycles. The number of halogens is 1. The topological polar surface area (TPSA) is 34.1 Å². The average Bonchev–Trinajstić information content (AvgIpc) is 2.26. The molecule has 0 fully saturated rings. The van der Waals surface area contributed by atoms with Crippen LogP contribution in [-0.4, -0.2) is 22.5 Å². The van der Waals surface area contributed by atoms with E-state index in [-0.39, 0.29) is 22.5 Å². The Bertz CT molecular complexity index is 324. The minimum atomic E-state index is -0.170. The number of Topliss-reactive ketones (excluding diaryl/α,β-unsaturated/α-hetero) is 1. The summed E-state index contributed by atoms with van der Waals surface area (Å²) in [5.74, 6) is 0.0662. The highest BCUT2D eigenvalue weighted by molar-refractivity contribution is 8.14. The average molecular weight is 229 g/mol. The van der Waals surface area contributed by atoms with Crippen molar-refractivity contribution in [1.29, 1.82) is 0 Å². The lowest BCUT2D eigenvalue weighted by Gasteiger charge is -1.98. The summed E-state index contributed by atoms with van der Waals surface area (Å²) in [6.45, 7) is 0. The largest absolute Gasteiger partial charge is 0.293 e. The molecular formula is C10H9ClO2S. The maximum atomic E-state index is 11.4. The van der Waals surface area contributed by atoms with Crippen molar-refractivity contribution in [3.8, 4) is 0 Å². The van der Waals surface area contributed by atoms with Crippen LogP contribution in [0.4, 0.5) is 0 Å². The molecule has 0 radical (unpaired) electrons. The lowest BCUT2D eigenvalue weighted by atomic mass is 10.2. The summed E-state index contributed by atoms with van der Waals surface area (Å²) < 4.78 is 0. The zero-order valence-corrected chi connectivity index (χ0v) is 8.98. The summed E-state index contributed by atoms with van der Waals surface area (Å²) >= 11 is 6.26. The third-order valence-electron chi connectivity index (χ3n) is 1.57. The molecule has 0 aliphatic heterocycles. The molecule has 0 spiro atoms. The van der Waals surface area contributed by atoms with Gasteiger partial charge in [-0.3, -0.25) is 9.59 Å². The van der Waals surface area contributed by atoms with Gasteiger partial charge in [0.1, 0.15) is 0 Å². The van der Waals surface area contributed by atoms with E-state index >= 15 is 0 Å². The minimum absolute atomic E-state index is 0.0472. The number of ketones is 1. The van der Waals surface area contributed by atoms with Gasteiger partial charge in [-0.25, -0.2) is 0 Å². The van der Waals surface area contributed by atoms with Crippen LogP contribution in [-0.2, 0) is 4.79 Å². The number of hydrogen-bond donors (Lipinski definition) is 0. The van der Waals surface area contributed by atoms with E-state index in [1.54, 1.807) is 24.3 Å². The molecule has 0 aliphatic rings. The Hall–Kier alpha value is -0.800. The van der Waals surface area contributed by atoms with Crippen molar-refractivity contribution in [3.05, 3.63) is 35.9 Å². The fourth-order valence-corrected chi connectivity index (χ4v) is 1.66. The maximum Gasteiger partial charge on any atom is 0.204 e. The van der Waals surface area contributed by atoms with E-state index in [9.17, 15) is 9.59 Å². The first-order valence-electron chi connectivity index (χ1n) is 4.04. The number of rotatable bonds is 4. The summed E-state index contributed by atoms with van der Waals surface area (Å²) in [4.78, 5) is 22.3. The molecule has 0 unspecified atom stereocenters. The molecular weight excluding hydrogens is 220 g/mol. The van der Waals surface area contributed by atoms with Gasteiger partial charge in [0.25, 0.3) is 0 Å². The first kappa shape index (κ1) is 11.3. The molecule has 1 aromatic carbocycles. The second-order valence-corrected chi connectivity index (χ2v) is 3.88. The third-order valence-corrected chi connectivity index (χ3v) is 2.84. The van der Waals surface area contributed by atoms with Crippen LogP contribution in [0.15, 0.2) is 30.3 Å². The summed E-state index contributed by atoms with van der Waals surface area (Å²) in [5.41, 5.74) is 0.627. The van der Waals surface area contributed by atoms with Gasteiger partial charge in [0.15, 0.2) is 5.78 Å². The first-order chi connectivity index (χ1) is 6.74. The Labute approximate surface area is 91.6 Å². The highest BCUT2D eigenvalue weighted by Crippen LogP contribution is 2.08. The van der Waals surface area contributed by atoms with E-state index < -0.39 is 0 Å². The summed E-state index contributed by atoms with van der Waals surface area (Å²) in [6, 6.07) is 8.89. The first-order valence-corrected chi connectivity index (χ1v) is 5.56. The molecule has 0 aromatic heterocycles. The molecule has 1 rings (SSSR count). The van der Waals surface area contributed by atoms with Crippen LogP contribution >= 0.6 is 23.4 Å². The molecule has 0 amide bonds. The molecule has 1 aromatic rings. The number of alkyl halides is 1. The van der Waals surface area contributed by atoms with E-state index in [0.717, 1.165) is 11.8 Å². The number of carbonyl (C=O) groups excluding carboxylic acids is 2. The maximum absolute atomic E-state index is 11.4. The van der Waals surface area contributed by atoms with Crippen molar-refractivity contribution in [2.75, 3.05) is 11.6 Å². The number of carbonyl (C=O) groups is 2. The van der Waals surface area contributed by atoms with Gasteiger partial charge in [0, 0.05) is 5.56 Å². The summed E-state index contributed by atoms with van der Waals surface area (Å²) in [6.07, 6.45) is 0. The van der Waals surface area contributed by atoms with Crippen molar-refractivity contribution in [2.24, 2.45) is 0 Å². The van der Waals surface area contributed by atoms with Crippen LogP contribution < -0.4 is 0 Å². The zero-order chi connectivity index (χ0) is 10.4. The molecule has 74 valence electrons. The number of hydrogen-bond acceptors (Lipinski definition) is 3. The smallest absolute Gasteiger partial charge is 0.204 e. The van der Waals surface area contributed by atoms with Crippen molar-refractivity contribution in [2.45, 2.75) is 0 Å². The molecule has 2 nitrogen and oxygen atoms in total. The SMILES string of the molecule is O=C(CCl)SCC(=O)c1ccccc1. The van der Waals surface area contributed by atoms with Gasteiger partial charge in [-0.2, -0.15) is 0 Å². The van der Waals surface area contributed by atoms with E-state index in [0.29, 0.717) is 5.56 Å². The molecule has 0 bridgehead atoms. The van der Waals surface area contributed by atoms with Gasteiger partial charge in [0.05, 0.1) is 11.6 Å². The Morgan fingerprint density at radius 1 is 1.21 bits per heavy atom. The standard InChI is InChI=1S/C10H9ClO2S/c11-6-10(13)14-7-9(12)8-4-2-1-3-5-8/h1-5H,6-7H2. The van der Waals surface area contributed by atoms with Crippen molar-refractivity contribution < 1.29 is 9.59 Å². The van der Waals surface area contributed by atoms with Crippen LogP contribution in [0.1, 0.15) is 10.4 Å². The minimum Gasteiger partial charge on any atom is -0.293 e. The normalized spacial score (nSPS) is 9.79. The number of thioether (sulfide) groups is 1. The molecule has 0 N–H and O–H groups in total. The Morgan fingerprint density at radius 3 is 2.43 bits per heavy atom. The Kier molecular flexibility index (Phi) is 4.70. The van der Waals surface area contributed by atoms with E-state index in [4.69, 9.17) is 11.6 Å². The second-order valence-electron chi connectivity index (χ2n) is 2.58. The molecule has 14 heavy (non-hydrogen) atoms. The van der Waals surface area contributed by atoms with Gasteiger partial charge in [0.2, 0.25) is 5.12 Å². The highest BCUT2D eigenvalue weighted by atomic mass is 35.5. The van der Waals surface area contributed by atoms with Crippen LogP contribution in [0.2, 0.25) is 0 Å². The number of benzene rings is 1. The fourth-order valence-electron chi connectivity index (χ4n) is 0.892. The Morgan fingerprint density at radius 2 is 1.86 bits per heavy atom. The van der Waals surface area contributed by atoms with E-state index in [2.05, 4.69) is 0 Å².